The number of carbonyl (C=O) groups is 1. The Hall–Kier alpha value is -2.82. The Morgan fingerprint density at radius 3 is 2.79 bits per heavy atom. The lowest BCUT2D eigenvalue weighted by Crippen LogP contribution is -2.25. The van der Waals surface area contributed by atoms with E-state index < -0.39 is 0 Å². The molecule has 5 nitrogen and oxygen atoms in total. The Kier molecular flexibility index (Phi) is 5.95. The molecule has 0 spiro atoms. The first-order chi connectivity index (χ1) is 11.5. The Bertz CT molecular complexity index is 739. The molecule has 0 saturated heterocycles. The van der Waals surface area contributed by atoms with Gasteiger partial charge >= 0.3 is 0 Å². The lowest BCUT2D eigenvalue weighted by molar-refractivity contribution is -0.123. The molecule has 24 heavy (non-hydrogen) atoms. The number of rotatable bonds is 6. The number of nitrogens with zero attached hydrogens (tertiary/aromatic N) is 1. The number of hydrazone groups is 1. The molecule has 2 rings (SSSR count). The van der Waals surface area contributed by atoms with Gasteiger partial charge in [0.25, 0.3) is 5.91 Å². The highest BCUT2D eigenvalue weighted by atomic mass is 16.5. The third kappa shape index (κ3) is 5.12. The molecule has 0 radical (unpaired) electrons. The van der Waals surface area contributed by atoms with Crippen LogP contribution in [-0.4, -0.2) is 23.8 Å². The molecule has 126 valence electrons. The van der Waals surface area contributed by atoms with Crippen LogP contribution in [0.4, 0.5) is 0 Å². The normalized spacial score (nSPS) is 11.0. The first kappa shape index (κ1) is 17.5. The van der Waals surface area contributed by atoms with E-state index in [1.807, 2.05) is 25.1 Å². The number of amides is 1. The number of aromatic hydroxyl groups is 1. The molecule has 0 atom stereocenters. The highest BCUT2D eigenvalue weighted by Crippen LogP contribution is 2.27. The summed E-state index contributed by atoms with van der Waals surface area (Å²) in [6, 6.07) is 12.6. The van der Waals surface area contributed by atoms with Crippen LogP contribution in [-0.2, 0) is 4.79 Å². The number of benzene rings is 2. The van der Waals surface area contributed by atoms with Crippen LogP contribution >= 0.6 is 0 Å². The van der Waals surface area contributed by atoms with E-state index in [1.54, 1.807) is 24.3 Å². The zero-order valence-corrected chi connectivity index (χ0v) is 14.1. The van der Waals surface area contributed by atoms with Gasteiger partial charge in [-0.25, -0.2) is 5.43 Å². The van der Waals surface area contributed by atoms with Crippen molar-refractivity contribution in [3.8, 4) is 11.5 Å². The first-order valence-corrected chi connectivity index (χ1v) is 7.80. The van der Waals surface area contributed by atoms with E-state index in [-0.39, 0.29) is 18.3 Å². The molecule has 0 saturated carbocycles. The molecule has 0 aliphatic rings. The summed E-state index contributed by atoms with van der Waals surface area (Å²) in [7, 11) is 0. The number of ether oxygens (including phenoxy) is 1. The van der Waals surface area contributed by atoms with Crippen molar-refractivity contribution in [3.05, 3.63) is 59.2 Å². The van der Waals surface area contributed by atoms with Crippen LogP contribution in [0.3, 0.4) is 0 Å². The van der Waals surface area contributed by atoms with E-state index in [0.29, 0.717) is 11.5 Å². The maximum atomic E-state index is 11.8. The first-order valence-electron chi connectivity index (χ1n) is 7.80. The van der Waals surface area contributed by atoms with E-state index >= 15 is 0 Å². The smallest absolute Gasteiger partial charge is 0.277 e. The van der Waals surface area contributed by atoms with Gasteiger partial charge in [0.1, 0.15) is 11.5 Å². The van der Waals surface area contributed by atoms with Gasteiger partial charge in [-0.2, -0.15) is 5.10 Å². The SMILES string of the molecule is Cc1ccc(C(C)C)c(OCC(=O)NN=Cc2cccc(O)c2)c1. The molecule has 0 fully saturated rings. The van der Waals surface area contributed by atoms with E-state index in [1.165, 1.54) is 6.21 Å². The van der Waals surface area contributed by atoms with Crippen LogP contribution in [0.2, 0.25) is 0 Å². The maximum Gasteiger partial charge on any atom is 0.277 e. The van der Waals surface area contributed by atoms with Gasteiger partial charge in [-0.3, -0.25) is 4.79 Å². The predicted molar refractivity (Wildman–Crippen MR) is 94.6 cm³/mol. The van der Waals surface area contributed by atoms with Crippen molar-refractivity contribution in [2.75, 3.05) is 6.61 Å². The van der Waals surface area contributed by atoms with Crippen molar-refractivity contribution < 1.29 is 14.6 Å². The van der Waals surface area contributed by atoms with E-state index in [0.717, 1.165) is 16.9 Å². The van der Waals surface area contributed by atoms with Crippen LogP contribution in [0, 0.1) is 6.92 Å². The fourth-order valence-electron chi connectivity index (χ4n) is 2.20. The molecule has 0 bridgehead atoms. The van der Waals surface area contributed by atoms with Crippen molar-refractivity contribution in [1.29, 1.82) is 0 Å². The van der Waals surface area contributed by atoms with Crippen molar-refractivity contribution in [2.45, 2.75) is 26.7 Å². The summed E-state index contributed by atoms with van der Waals surface area (Å²) < 4.78 is 5.64. The van der Waals surface area contributed by atoms with Crippen molar-refractivity contribution in [2.24, 2.45) is 5.10 Å². The number of phenols is 1. The third-order valence-corrected chi connectivity index (χ3v) is 3.42. The third-order valence-electron chi connectivity index (χ3n) is 3.42. The van der Waals surface area contributed by atoms with Gasteiger partial charge in [-0.15, -0.1) is 0 Å². The highest BCUT2D eigenvalue weighted by Gasteiger charge is 2.09. The van der Waals surface area contributed by atoms with Gasteiger partial charge in [-0.05, 0) is 47.7 Å². The van der Waals surface area contributed by atoms with Crippen molar-refractivity contribution in [1.82, 2.24) is 5.43 Å². The maximum absolute atomic E-state index is 11.8. The minimum absolute atomic E-state index is 0.111. The van der Waals surface area contributed by atoms with E-state index in [4.69, 9.17) is 4.74 Å². The van der Waals surface area contributed by atoms with Crippen LogP contribution in [0.5, 0.6) is 11.5 Å². The number of phenolic OH excluding ortho intramolecular Hbond substituents is 1. The number of carbonyl (C=O) groups excluding carboxylic acids is 1. The second-order valence-corrected chi connectivity index (χ2v) is 5.87. The molecule has 0 unspecified atom stereocenters. The average Bonchev–Trinajstić information content (AvgIpc) is 2.53. The Morgan fingerprint density at radius 2 is 2.08 bits per heavy atom. The number of hydrogen-bond donors (Lipinski definition) is 2. The standard InChI is InChI=1S/C19H22N2O3/c1-13(2)17-8-7-14(3)9-18(17)24-12-19(23)21-20-11-15-5-4-6-16(22)10-15/h4-11,13,22H,12H2,1-3H3,(H,21,23). The van der Waals surface area contributed by atoms with Gasteiger partial charge < -0.3 is 9.84 Å². The summed E-state index contributed by atoms with van der Waals surface area (Å²) in [4.78, 5) is 11.8. The summed E-state index contributed by atoms with van der Waals surface area (Å²) in [6.45, 7) is 6.03. The number of nitrogens with one attached hydrogen (secondary N) is 1. The summed E-state index contributed by atoms with van der Waals surface area (Å²) in [6.07, 6.45) is 1.46. The number of hydrogen-bond acceptors (Lipinski definition) is 4. The highest BCUT2D eigenvalue weighted by molar-refractivity contribution is 5.83. The molecule has 0 aliphatic heterocycles. The minimum atomic E-state index is -0.345. The Balaban J connectivity index is 1.91. The van der Waals surface area contributed by atoms with Gasteiger partial charge in [0.2, 0.25) is 0 Å². The largest absolute Gasteiger partial charge is 0.508 e. The summed E-state index contributed by atoms with van der Waals surface area (Å²) in [5.74, 6) is 0.835. The van der Waals surface area contributed by atoms with Gasteiger partial charge in [-0.1, -0.05) is 38.1 Å². The molecule has 0 heterocycles. The number of aryl methyl sites for hydroxylation is 1. The molecule has 2 aromatic rings. The predicted octanol–water partition coefficient (Wildman–Crippen LogP) is 3.35. The van der Waals surface area contributed by atoms with Gasteiger partial charge in [0.05, 0.1) is 6.21 Å². The monoisotopic (exact) mass is 326 g/mol. The quantitative estimate of drug-likeness (QED) is 0.632. The summed E-state index contributed by atoms with van der Waals surface area (Å²) >= 11 is 0. The van der Waals surface area contributed by atoms with Crippen LogP contribution < -0.4 is 10.2 Å². The zero-order chi connectivity index (χ0) is 17.5. The fourth-order valence-corrected chi connectivity index (χ4v) is 2.20. The lowest BCUT2D eigenvalue weighted by Gasteiger charge is -2.14. The molecule has 2 N–H and O–H groups in total. The van der Waals surface area contributed by atoms with Crippen LogP contribution in [0.25, 0.3) is 0 Å². The second kappa shape index (κ2) is 8.15. The van der Waals surface area contributed by atoms with Crippen molar-refractivity contribution in [3.63, 3.8) is 0 Å². The van der Waals surface area contributed by atoms with Gasteiger partial charge in [0, 0.05) is 0 Å². The van der Waals surface area contributed by atoms with Crippen LogP contribution in [0.15, 0.2) is 47.6 Å². The molecule has 0 aromatic heterocycles. The van der Waals surface area contributed by atoms with E-state index in [9.17, 15) is 9.90 Å². The molecular weight excluding hydrogens is 304 g/mol. The Morgan fingerprint density at radius 1 is 1.29 bits per heavy atom. The van der Waals surface area contributed by atoms with Gasteiger partial charge in [0.15, 0.2) is 6.61 Å². The molecule has 0 aliphatic carbocycles. The summed E-state index contributed by atoms with van der Waals surface area (Å²) in [5.41, 5.74) is 5.25. The summed E-state index contributed by atoms with van der Waals surface area (Å²) in [5, 5.41) is 13.2. The topological polar surface area (TPSA) is 70.9 Å². The fraction of sp³-hybridized carbons (Fsp3) is 0.263. The molecular formula is C19H22N2O3. The second-order valence-electron chi connectivity index (χ2n) is 5.87. The molecule has 2 aromatic carbocycles. The van der Waals surface area contributed by atoms with Crippen molar-refractivity contribution >= 4 is 12.1 Å². The minimum Gasteiger partial charge on any atom is -0.508 e. The molecule has 5 heteroatoms. The molecule has 1 amide bonds. The van der Waals surface area contributed by atoms with Crippen LogP contribution in [0.1, 0.15) is 36.5 Å². The Labute approximate surface area is 142 Å². The lowest BCUT2D eigenvalue weighted by atomic mass is 10.0. The zero-order valence-electron chi connectivity index (χ0n) is 14.1. The van der Waals surface area contributed by atoms with E-state index in [2.05, 4.69) is 24.4 Å². The average molecular weight is 326 g/mol.